The fourth-order valence-electron chi connectivity index (χ4n) is 3.82. The van der Waals surface area contributed by atoms with Crippen molar-refractivity contribution in [3.63, 3.8) is 0 Å². The van der Waals surface area contributed by atoms with Crippen LogP contribution in [0, 0.1) is 11.3 Å². The van der Waals surface area contributed by atoms with Crippen LogP contribution in [0.15, 0.2) is 18.2 Å². The zero-order valence-corrected chi connectivity index (χ0v) is 15.5. The highest BCUT2D eigenvalue weighted by Gasteiger charge is 2.24. The molecule has 0 aliphatic heterocycles. The van der Waals surface area contributed by atoms with Gasteiger partial charge in [0.05, 0.1) is 13.7 Å². The molecular formula is C21H26N3O2+. The zero-order valence-electron chi connectivity index (χ0n) is 15.5. The average molecular weight is 352 g/mol. The second-order valence-electron chi connectivity index (χ2n) is 6.73. The lowest BCUT2D eigenvalue weighted by molar-refractivity contribution is -0.374. The number of pyridine rings is 1. The highest BCUT2D eigenvalue weighted by molar-refractivity contribution is 5.78. The second-order valence-corrected chi connectivity index (χ2v) is 6.73. The number of nitrogens with zero attached hydrogens (tertiary/aromatic N) is 1. The first-order valence-corrected chi connectivity index (χ1v) is 9.12. The Labute approximate surface area is 154 Å². The lowest BCUT2D eigenvalue weighted by Crippen LogP contribution is -2.23. The molecule has 0 fully saturated rings. The molecule has 1 aromatic carbocycles. The third kappa shape index (κ3) is 3.51. The van der Waals surface area contributed by atoms with Crippen LogP contribution in [-0.4, -0.2) is 14.2 Å². The van der Waals surface area contributed by atoms with E-state index in [2.05, 4.69) is 17.1 Å². The van der Waals surface area contributed by atoms with Crippen LogP contribution in [0.25, 0.3) is 11.1 Å². The van der Waals surface area contributed by atoms with Gasteiger partial charge in [-0.05, 0) is 37.0 Å². The molecule has 0 bridgehead atoms. The number of hydrogen-bond donors (Lipinski definition) is 1. The number of nitrogens with two attached hydrogens (primary N) is 1. The second kappa shape index (κ2) is 8.20. The van der Waals surface area contributed by atoms with Crippen LogP contribution in [-0.2, 0) is 24.2 Å². The molecule has 0 radical (unpaired) electrons. The number of methoxy groups -OCH3 is 2. The third-order valence-corrected chi connectivity index (χ3v) is 5.06. The Morgan fingerprint density at radius 1 is 1.15 bits per heavy atom. The number of aromatic amines is 1. The Morgan fingerprint density at radius 3 is 2.62 bits per heavy atom. The molecule has 5 nitrogen and oxygen atoms in total. The van der Waals surface area contributed by atoms with Gasteiger partial charge in [-0.25, -0.2) is 4.98 Å². The summed E-state index contributed by atoms with van der Waals surface area (Å²) in [6.45, 7) is 0.454. The summed E-state index contributed by atoms with van der Waals surface area (Å²) in [4.78, 5) is 3.29. The molecule has 0 amide bonds. The van der Waals surface area contributed by atoms with Crippen molar-refractivity contribution in [2.24, 2.45) is 0 Å². The van der Waals surface area contributed by atoms with E-state index in [4.69, 9.17) is 15.2 Å². The van der Waals surface area contributed by atoms with Crippen molar-refractivity contribution in [1.82, 2.24) is 0 Å². The van der Waals surface area contributed by atoms with Crippen molar-refractivity contribution in [2.45, 2.75) is 45.1 Å². The summed E-state index contributed by atoms with van der Waals surface area (Å²) in [6, 6.07) is 8.31. The number of anilines is 1. The first kappa shape index (κ1) is 18.2. The van der Waals surface area contributed by atoms with Crippen molar-refractivity contribution in [2.75, 3.05) is 20.0 Å². The Kier molecular flexibility index (Phi) is 5.75. The number of H-pyrrole nitrogens is 1. The monoisotopic (exact) mass is 352 g/mol. The number of rotatable bonds is 4. The van der Waals surface area contributed by atoms with E-state index in [1.54, 1.807) is 14.2 Å². The maximum absolute atomic E-state index is 9.76. The van der Waals surface area contributed by atoms with E-state index < -0.39 is 0 Å². The highest BCUT2D eigenvalue weighted by Crippen LogP contribution is 2.35. The number of hydrogen-bond acceptors (Lipinski definition) is 4. The van der Waals surface area contributed by atoms with Crippen LogP contribution in [0.5, 0.6) is 5.75 Å². The van der Waals surface area contributed by atoms with Crippen LogP contribution in [0.4, 0.5) is 5.82 Å². The summed E-state index contributed by atoms with van der Waals surface area (Å²) < 4.78 is 10.8. The van der Waals surface area contributed by atoms with E-state index in [1.165, 1.54) is 24.1 Å². The maximum Gasteiger partial charge on any atom is 0.289 e. The highest BCUT2D eigenvalue weighted by atomic mass is 16.5. The quantitative estimate of drug-likeness (QED) is 0.914. The molecule has 2 aromatic rings. The summed E-state index contributed by atoms with van der Waals surface area (Å²) in [5, 5.41) is 9.76. The normalized spacial score (nSPS) is 14.0. The SMILES string of the molecule is COCc1cc(-c2c(C#N)c(N)[nH+]c3c2CCCCCC3)ccc1OC. The van der Waals surface area contributed by atoms with E-state index in [0.29, 0.717) is 18.0 Å². The minimum atomic E-state index is 0.450. The van der Waals surface area contributed by atoms with Crippen LogP contribution >= 0.6 is 0 Å². The van der Waals surface area contributed by atoms with Gasteiger partial charge in [0, 0.05) is 30.2 Å². The fourth-order valence-corrected chi connectivity index (χ4v) is 3.82. The summed E-state index contributed by atoms with van der Waals surface area (Å²) in [5.74, 6) is 1.23. The molecule has 0 saturated heterocycles. The minimum Gasteiger partial charge on any atom is -0.496 e. The zero-order chi connectivity index (χ0) is 18.5. The largest absolute Gasteiger partial charge is 0.496 e. The summed E-state index contributed by atoms with van der Waals surface area (Å²) in [6.07, 6.45) is 6.67. The van der Waals surface area contributed by atoms with Gasteiger partial charge < -0.3 is 9.47 Å². The van der Waals surface area contributed by atoms with Gasteiger partial charge in [-0.15, -0.1) is 0 Å². The molecule has 0 saturated carbocycles. The first-order chi connectivity index (χ1) is 12.7. The van der Waals surface area contributed by atoms with Gasteiger partial charge in [-0.1, -0.05) is 18.9 Å². The molecule has 1 aromatic heterocycles. The van der Waals surface area contributed by atoms with E-state index >= 15 is 0 Å². The van der Waals surface area contributed by atoms with Gasteiger partial charge in [0.1, 0.15) is 23.1 Å². The topological polar surface area (TPSA) is 82.4 Å². The standard InChI is InChI=1S/C21H25N3O2/c1-25-13-15-11-14(9-10-19(15)26-2)20-16-7-5-3-4-6-8-18(16)24-21(23)17(20)12-22/h9-11H,3-8,13H2,1-2H3,(H2,23,24)/p+1. The van der Waals surface area contributed by atoms with Crippen molar-refractivity contribution in [3.05, 3.63) is 40.6 Å². The van der Waals surface area contributed by atoms with Gasteiger partial charge in [-0.3, -0.25) is 5.73 Å². The number of nitrogen functional groups attached to an aromatic ring is 1. The van der Waals surface area contributed by atoms with Crippen molar-refractivity contribution in [1.29, 1.82) is 5.26 Å². The predicted molar refractivity (Wildman–Crippen MR) is 101 cm³/mol. The number of aromatic nitrogens is 1. The van der Waals surface area contributed by atoms with E-state index in [-0.39, 0.29) is 0 Å². The first-order valence-electron chi connectivity index (χ1n) is 9.12. The maximum atomic E-state index is 9.76. The Bertz CT molecular complexity index is 840. The summed E-state index contributed by atoms with van der Waals surface area (Å²) in [5.41, 5.74) is 12.0. The number of fused-ring (bicyclic) bond motifs is 1. The molecule has 3 rings (SSSR count). The van der Waals surface area contributed by atoms with Crippen LogP contribution in [0.2, 0.25) is 0 Å². The number of aryl methyl sites for hydroxylation is 1. The number of nitriles is 1. The molecule has 0 unspecified atom stereocenters. The van der Waals surface area contributed by atoms with Crippen LogP contribution in [0.3, 0.4) is 0 Å². The van der Waals surface area contributed by atoms with Gasteiger partial charge in [-0.2, -0.15) is 5.26 Å². The number of benzene rings is 1. The van der Waals surface area contributed by atoms with Crippen molar-refractivity contribution < 1.29 is 14.5 Å². The van der Waals surface area contributed by atoms with Crippen LogP contribution < -0.4 is 15.5 Å². The van der Waals surface area contributed by atoms with Gasteiger partial charge >= 0.3 is 0 Å². The Hall–Kier alpha value is -2.58. The van der Waals surface area contributed by atoms with E-state index in [0.717, 1.165) is 48.1 Å². The van der Waals surface area contributed by atoms with Crippen LogP contribution in [0.1, 0.15) is 48.1 Å². The molecule has 3 N–H and O–H groups in total. The fraction of sp³-hybridized carbons (Fsp3) is 0.429. The van der Waals surface area contributed by atoms with Gasteiger partial charge in [0.25, 0.3) is 5.82 Å². The number of ether oxygens (including phenoxy) is 2. The molecule has 0 spiro atoms. The number of nitrogens with one attached hydrogen (secondary N) is 1. The lowest BCUT2D eigenvalue weighted by atomic mass is 9.87. The predicted octanol–water partition coefficient (Wildman–Crippen LogP) is 3.44. The van der Waals surface area contributed by atoms with Gasteiger partial charge in [0.2, 0.25) is 0 Å². The molecule has 1 aliphatic rings. The van der Waals surface area contributed by atoms with Crippen molar-refractivity contribution in [3.8, 4) is 22.9 Å². The lowest BCUT2D eigenvalue weighted by Gasteiger charge is -2.18. The molecule has 136 valence electrons. The summed E-state index contributed by atoms with van der Waals surface area (Å²) in [7, 11) is 3.32. The van der Waals surface area contributed by atoms with Gasteiger partial charge in [0.15, 0.2) is 0 Å². The Balaban J connectivity index is 2.23. The molecule has 26 heavy (non-hydrogen) atoms. The van der Waals surface area contributed by atoms with E-state index in [9.17, 15) is 5.26 Å². The average Bonchev–Trinajstić information content (AvgIpc) is 2.62. The molecule has 1 heterocycles. The molecular weight excluding hydrogens is 326 g/mol. The molecule has 5 heteroatoms. The third-order valence-electron chi connectivity index (χ3n) is 5.06. The Morgan fingerprint density at radius 2 is 1.92 bits per heavy atom. The smallest absolute Gasteiger partial charge is 0.289 e. The minimum absolute atomic E-state index is 0.450. The summed E-state index contributed by atoms with van der Waals surface area (Å²) >= 11 is 0. The molecule has 0 atom stereocenters. The van der Waals surface area contributed by atoms with E-state index in [1.807, 2.05) is 12.1 Å². The van der Waals surface area contributed by atoms with Crippen molar-refractivity contribution >= 4 is 5.82 Å². The molecule has 1 aliphatic carbocycles.